The van der Waals surface area contributed by atoms with E-state index in [0.717, 1.165) is 17.2 Å². The fourth-order valence-corrected chi connectivity index (χ4v) is 2.94. The van der Waals surface area contributed by atoms with Crippen molar-refractivity contribution in [2.45, 2.75) is 38.0 Å². The highest BCUT2D eigenvalue weighted by Crippen LogP contribution is 2.33. The van der Waals surface area contributed by atoms with Crippen LogP contribution < -0.4 is 9.47 Å². The lowest BCUT2D eigenvalue weighted by atomic mass is 9.89. The van der Waals surface area contributed by atoms with E-state index in [0.29, 0.717) is 17.4 Å². The number of benzene rings is 1. The third-order valence-corrected chi connectivity index (χ3v) is 4.14. The van der Waals surface area contributed by atoms with Crippen molar-refractivity contribution in [1.82, 2.24) is 15.2 Å². The lowest BCUT2D eigenvalue weighted by Crippen LogP contribution is -2.06. The van der Waals surface area contributed by atoms with Gasteiger partial charge in [-0.1, -0.05) is 19.3 Å². The fraction of sp³-hybridized carbons (Fsp3) is 0.500. The highest BCUT2D eigenvalue weighted by Gasteiger charge is 2.19. The van der Waals surface area contributed by atoms with Gasteiger partial charge in [-0.25, -0.2) is 4.98 Å². The van der Waals surface area contributed by atoms with E-state index < -0.39 is 0 Å². The summed E-state index contributed by atoms with van der Waals surface area (Å²) in [4.78, 5) is 4.67. The third-order valence-electron chi connectivity index (χ3n) is 4.14. The Morgan fingerprint density at radius 3 is 2.52 bits per heavy atom. The van der Waals surface area contributed by atoms with Crippen molar-refractivity contribution in [1.29, 1.82) is 0 Å². The maximum absolute atomic E-state index is 5.33. The molecule has 5 nitrogen and oxygen atoms in total. The van der Waals surface area contributed by atoms with Crippen LogP contribution in [0.3, 0.4) is 0 Å². The zero-order valence-electron chi connectivity index (χ0n) is 12.6. The molecule has 1 aliphatic carbocycles. The van der Waals surface area contributed by atoms with Crippen molar-refractivity contribution >= 4 is 0 Å². The first-order valence-corrected chi connectivity index (χ1v) is 7.46. The number of hydrogen-bond acceptors (Lipinski definition) is 4. The van der Waals surface area contributed by atoms with Crippen LogP contribution in [0.15, 0.2) is 18.2 Å². The molecule has 1 heterocycles. The van der Waals surface area contributed by atoms with Gasteiger partial charge in [0.2, 0.25) is 0 Å². The Morgan fingerprint density at radius 2 is 1.81 bits per heavy atom. The van der Waals surface area contributed by atoms with E-state index in [1.165, 1.54) is 32.1 Å². The van der Waals surface area contributed by atoms with Gasteiger partial charge in [0, 0.05) is 11.5 Å². The molecule has 5 heteroatoms. The Morgan fingerprint density at radius 1 is 1.05 bits per heavy atom. The Labute approximate surface area is 124 Å². The van der Waals surface area contributed by atoms with Crippen molar-refractivity contribution in [3.05, 3.63) is 24.0 Å². The average molecular weight is 287 g/mol. The van der Waals surface area contributed by atoms with Crippen LogP contribution in [0, 0.1) is 0 Å². The molecule has 1 aromatic carbocycles. The lowest BCUT2D eigenvalue weighted by Gasteiger charge is -2.18. The number of hydrogen-bond donors (Lipinski definition) is 1. The summed E-state index contributed by atoms with van der Waals surface area (Å²) in [6.45, 7) is 0. The van der Waals surface area contributed by atoms with E-state index in [1.807, 2.05) is 18.2 Å². The smallest absolute Gasteiger partial charge is 0.181 e. The minimum atomic E-state index is 0.528. The summed E-state index contributed by atoms with van der Waals surface area (Å²) in [7, 11) is 3.26. The van der Waals surface area contributed by atoms with Crippen molar-refractivity contribution in [2.75, 3.05) is 14.2 Å². The number of nitrogens with one attached hydrogen (secondary N) is 1. The van der Waals surface area contributed by atoms with Gasteiger partial charge in [0.1, 0.15) is 5.82 Å². The van der Waals surface area contributed by atoms with Crippen LogP contribution in [-0.4, -0.2) is 29.4 Å². The Kier molecular flexibility index (Phi) is 4.08. The summed E-state index contributed by atoms with van der Waals surface area (Å²) in [5.41, 5.74) is 0.936. The second kappa shape index (κ2) is 6.16. The maximum atomic E-state index is 5.33. The number of H-pyrrole nitrogens is 1. The highest BCUT2D eigenvalue weighted by molar-refractivity contribution is 5.60. The maximum Gasteiger partial charge on any atom is 0.181 e. The fourth-order valence-electron chi connectivity index (χ4n) is 2.94. The number of methoxy groups -OCH3 is 2. The molecule has 1 fully saturated rings. The quantitative estimate of drug-likeness (QED) is 0.934. The summed E-state index contributed by atoms with van der Waals surface area (Å²) in [6.07, 6.45) is 6.34. The first-order chi connectivity index (χ1) is 10.3. The van der Waals surface area contributed by atoms with Crippen molar-refractivity contribution in [3.63, 3.8) is 0 Å². The Hall–Kier alpha value is -2.04. The summed E-state index contributed by atoms with van der Waals surface area (Å²) < 4.78 is 10.6. The summed E-state index contributed by atoms with van der Waals surface area (Å²) in [6, 6.07) is 5.74. The zero-order chi connectivity index (χ0) is 14.7. The molecule has 0 unspecified atom stereocenters. The van der Waals surface area contributed by atoms with E-state index in [4.69, 9.17) is 9.47 Å². The van der Waals surface area contributed by atoms with Crippen LogP contribution in [0.5, 0.6) is 11.5 Å². The minimum absolute atomic E-state index is 0.528. The third kappa shape index (κ3) is 2.86. The zero-order valence-corrected chi connectivity index (χ0v) is 12.6. The second-order valence-corrected chi connectivity index (χ2v) is 5.45. The normalized spacial score (nSPS) is 15.9. The van der Waals surface area contributed by atoms with Gasteiger partial charge in [0.05, 0.1) is 14.2 Å². The first kappa shape index (κ1) is 13.9. The van der Waals surface area contributed by atoms with Gasteiger partial charge in [0.15, 0.2) is 17.3 Å². The molecule has 2 aromatic rings. The molecule has 0 bridgehead atoms. The standard InChI is InChI=1S/C16H21N3O2/c1-20-13-9-8-12(10-14(13)21-2)16-17-15(18-19-16)11-6-4-3-5-7-11/h8-11H,3-7H2,1-2H3,(H,17,18,19). The van der Waals surface area contributed by atoms with Crippen molar-refractivity contribution < 1.29 is 9.47 Å². The van der Waals surface area contributed by atoms with Gasteiger partial charge in [-0.2, -0.15) is 5.10 Å². The summed E-state index contributed by atoms with van der Waals surface area (Å²) >= 11 is 0. The van der Waals surface area contributed by atoms with Crippen LogP contribution >= 0.6 is 0 Å². The van der Waals surface area contributed by atoms with E-state index in [9.17, 15) is 0 Å². The van der Waals surface area contributed by atoms with E-state index in [2.05, 4.69) is 15.2 Å². The SMILES string of the molecule is COc1ccc(-c2n[nH]c(C3CCCCC3)n2)cc1OC. The molecule has 1 aliphatic rings. The largest absolute Gasteiger partial charge is 0.493 e. The molecule has 3 rings (SSSR count). The molecule has 112 valence electrons. The molecule has 0 amide bonds. The average Bonchev–Trinajstić information content (AvgIpc) is 3.05. The summed E-state index contributed by atoms with van der Waals surface area (Å²) in [5, 5.41) is 7.47. The molecule has 0 spiro atoms. The van der Waals surface area contributed by atoms with Crippen molar-refractivity contribution in [2.24, 2.45) is 0 Å². The number of aromatic amines is 1. The predicted molar refractivity (Wildman–Crippen MR) is 80.7 cm³/mol. The van der Waals surface area contributed by atoms with Crippen LogP contribution in [-0.2, 0) is 0 Å². The topological polar surface area (TPSA) is 60.0 Å². The van der Waals surface area contributed by atoms with Gasteiger partial charge in [-0.05, 0) is 31.0 Å². The van der Waals surface area contributed by atoms with E-state index in [1.54, 1.807) is 14.2 Å². The van der Waals surface area contributed by atoms with Gasteiger partial charge >= 0.3 is 0 Å². The van der Waals surface area contributed by atoms with Gasteiger partial charge in [-0.3, -0.25) is 5.10 Å². The van der Waals surface area contributed by atoms with E-state index in [-0.39, 0.29) is 0 Å². The molecule has 0 aliphatic heterocycles. The van der Waals surface area contributed by atoms with Crippen LogP contribution in [0.1, 0.15) is 43.8 Å². The highest BCUT2D eigenvalue weighted by atomic mass is 16.5. The van der Waals surface area contributed by atoms with Gasteiger partial charge < -0.3 is 9.47 Å². The van der Waals surface area contributed by atoms with Crippen molar-refractivity contribution in [3.8, 4) is 22.9 Å². The number of aromatic nitrogens is 3. The monoisotopic (exact) mass is 287 g/mol. The molecular formula is C16H21N3O2. The molecule has 1 saturated carbocycles. The van der Waals surface area contributed by atoms with Gasteiger partial charge in [-0.15, -0.1) is 0 Å². The minimum Gasteiger partial charge on any atom is -0.493 e. The Balaban J connectivity index is 1.85. The molecular weight excluding hydrogens is 266 g/mol. The number of rotatable bonds is 4. The Bertz CT molecular complexity index is 603. The van der Waals surface area contributed by atoms with Crippen LogP contribution in [0.25, 0.3) is 11.4 Å². The van der Waals surface area contributed by atoms with Crippen LogP contribution in [0.2, 0.25) is 0 Å². The number of ether oxygens (including phenoxy) is 2. The predicted octanol–water partition coefficient (Wildman–Crippen LogP) is 3.54. The molecule has 0 saturated heterocycles. The van der Waals surface area contributed by atoms with Crippen LogP contribution in [0.4, 0.5) is 0 Å². The summed E-state index contributed by atoms with van der Waals surface area (Å²) in [5.74, 6) is 3.67. The molecule has 21 heavy (non-hydrogen) atoms. The lowest BCUT2D eigenvalue weighted by molar-refractivity contribution is 0.355. The van der Waals surface area contributed by atoms with Gasteiger partial charge in [0.25, 0.3) is 0 Å². The molecule has 1 N–H and O–H groups in total. The number of nitrogens with zero attached hydrogens (tertiary/aromatic N) is 2. The second-order valence-electron chi connectivity index (χ2n) is 5.45. The first-order valence-electron chi connectivity index (χ1n) is 7.46. The molecule has 0 radical (unpaired) electrons. The van der Waals surface area contributed by atoms with E-state index >= 15 is 0 Å². The molecule has 1 aromatic heterocycles. The molecule has 0 atom stereocenters.